The highest BCUT2D eigenvalue weighted by Crippen LogP contribution is 2.19. The van der Waals surface area contributed by atoms with Crippen LogP contribution in [0.4, 0.5) is 5.82 Å². The topological polar surface area (TPSA) is 61.0 Å². The van der Waals surface area contributed by atoms with Crippen LogP contribution in [-0.2, 0) is 0 Å². The molecule has 0 aromatic carbocycles. The van der Waals surface area contributed by atoms with Crippen molar-refractivity contribution < 1.29 is 4.74 Å². The molecular formula is C13H23N3OS. The Morgan fingerprint density at radius 3 is 2.78 bits per heavy atom. The molecule has 0 fully saturated rings. The number of ether oxygens (including phenoxy) is 1. The highest BCUT2D eigenvalue weighted by atomic mass is 32.2. The zero-order valence-corrected chi connectivity index (χ0v) is 12.3. The van der Waals surface area contributed by atoms with E-state index in [2.05, 4.69) is 23.8 Å². The first-order chi connectivity index (χ1) is 8.69. The lowest BCUT2D eigenvalue weighted by atomic mass is 10.0. The minimum Gasteiger partial charge on any atom is -0.477 e. The summed E-state index contributed by atoms with van der Waals surface area (Å²) < 4.78 is 5.73. The van der Waals surface area contributed by atoms with Crippen molar-refractivity contribution >= 4 is 17.6 Å². The molecule has 0 saturated heterocycles. The van der Waals surface area contributed by atoms with Crippen molar-refractivity contribution in [3.63, 3.8) is 0 Å². The molecule has 4 nitrogen and oxygen atoms in total. The molecule has 0 saturated carbocycles. The number of hydrogen-bond donors (Lipinski definition) is 1. The monoisotopic (exact) mass is 269 g/mol. The van der Waals surface area contributed by atoms with Crippen LogP contribution in [0.15, 0.2) is 11.2 Å². The zero-order chi connectivity index (χ0) is 13.4. The van der Waals surface area contributed by atoms with Gasteiger partial charge in [-0.3, -0.25) is 0 Å². The van der Waals surface area contributed by atoms with Crippen LogP contribution in [0.25, 0.3) is 0 Å². The van der Waals surface area contributed by atoms with Crippen LogP contribution < -0.4 is 10.5 Å². The first kappa shape index (κ1) is 15.1. The van der Waals surface area contributed by atoms with Crippen molar-refractivity contribution in [2.45, 2.75) is 44.7 Å². The molecule has 5 heteroatoms. The van der Waals surface area contributed by atoms with E-state index in [4.69, 9.17) is 10.5 Å². The normalized spacial score (nSPS) is 12.4. The van der Waals surface area contributed by atoms with Crippen molar-refractivity contribution in [2.24, 2.45) is 5.92 Å². The van der Waals surface area contributed by atoms with Crippen molar-refractivity contribution in [3.8, 4) is 5.88 Å². The maximum Gasteiger partial charge on any atom is 0.219 e. The van der Waals surface area contributed by atoms with E-state index in [1.54, 1.807) is 6.07 Å². The Balaban J connectivity index is 2.53. The number of thioether (sulfide) groups is 1. The van der Waals surface area contributed by atoms with Crippen LogP contribution in [-0.4, -0.2) is 22.8 Å². The number of rotatable bonds is 8. The summed E-state index contributed by atoms with van der Waals surface area (Å²) in [6.07, 6.45) is 6.75. The fourth-order valence-electron chi connectivity index (χ4n) is 1.69. The minimum absolute atomic E-state index is 0.464. The second-order valence-electron chi connectivity index (χ2n) is 4.35. The van der Waals surface area contributed by atoms with Crippen LogP contribution in [0.2, 0.25) is 0 Å². The first-order valence-corrected chi connectivity index (χ1v) is 7.73. The second-order valence-corrected chi connectivity index (χ2v) is 5.12. The molecular weight excluding hydrogens is 246 g/mol. The van der Waals surface area contributed by atoms with E-state index in [1.807, 2.05) is 6.26 Å². The third-order valence-electron chi connectivity index (χ3n) is 2.89. The molecule has 0 bridgehead atoms. The van der Waals surface area contributed by atoms with Gasteiger partial charge in [-0.25, -0.2) is 4.98 Å². The Labute approximate surface area is 114 Å². The van der Waals surface area contributed by atoms with Crippen LogP contribution in [0.1, 0.15) is 39.5 Å². The summed E-state index contributed by atoms with van der Waals surface area (Å²) >= 11 is 1.47. The molecule has 0 radical (unpaired) electrons. The summed E-state index contributed by atoms with van der Waals surface area (Å²) in [5.74, 6) is 1.65. The van der Waals surface area contributed by atoms with Gasteiger partial charge in [-0.05, 0) is 18.6 Å². The van der Waals surface area contributed by atoms with Crippen molar-refractivity contribution in [3.05, 3.63) is 6.07 Å². The van der Waals surface area contributed by atoms with E-state index in [-0.39, 0.29) is 0 Å². The fourth-order valence-corrected chi connectivity index (χ4v) is 2.07. The molecule has 1 unspecified atom stereocenters. The van der Waals surface area contributed by atoms with Gasteiger partial charge in [0.05, 0.1) is 6.61 Å². The van der Waals surface area contributed by atoms with E-state index in [0.29, 0.717) is 29.4 Å². The van der Waals surface area contributed by atoms with Gasteiger partial charge in [0.15, 0.2) is 5.16 Å². The average Bonchev–Trinajstić information content (AvgIpc) is 2.38. The highest BCUT2D eigenvalue weighted by Gasteiger charge is 2.09. The molecule has 1 atom stereocenters. The average molecular weight is 269 g/mol. The van der Waals surface area contributed by atoms with E-state index in [0.717, 1.165) is 6.42 Å². The predicted molar refractivity (Wildman–Crippen MR) is 77.0 cm³/mol. The smallest absolute Gasteiger partial charge is 0.219 e. The van der Waals surface area contributed by atoms with Gasteiger partial charge in [-0.1, -0.05) is 44.9 Å². The van der Waals surface area contributed by atoms with Gasteiger partial charge in [0, 0.05) is 6.07 Å². The van der Waals surface area contributed by atoms with E-state index < -0.39 is 0 Å². The number of nitrogens with two attached hydrogens (primary N) is 1. The minimum atomic E-state index is 0.464. The quantitative estimate of drug-likeness (QED) is 0.579. The predicted octanol–water partition coefficient (Wildman–Crippen LogP) is 3.38. The summed E-state index contributed by atoms with van der Waals surface area (Å²) in [5.41, 5.74) is 5.71. The third-order valence-corrected chi connectivity index (χ3v) is 3.44. The van der Waals surface area contributed by atoms with Crippen molar-refractivity contribution in [1.29, 1.82) is 0 Å². The lowest BCUT2D eigenvalue weighted by molar-refractivity contribution is 0.224. The number of nitrogen functional groups attached to an aromatic ring is 1. The molecule has 0 aliphatic heterocycles. The Kier molecular flexibility index (Phi) is 6.86. The molecule has 2 N–H and O–H groups in total. The van der Waals surface area contributed by atoms with Crippen molar-refractivity contribution in [2.75, 3.05) is 18.6 Å². The van der Waals surface area contributed by atoms with E-state index >= 15 is 0 Å². The zero-order valence-electron chi connectivity index (χ0n) is 11.5. The summed E-state index contributed by atoms with van der Waals surface area (Å²) in [4.78, 5) is 8.39. The lowest BCUT2D eigenvalue weighted by Crippen LogP contribution is -2.12. The maximum absolute atomic E-state index is 5.73. The summed E-state index contributed by atoms with van der Waals surface area (Å²) in [5, 5.41) is 0.659. The number of unbranched alkanes of at least 4 members (excludes halogenated alkanes) is 1. The van der Waals surface area contributed by atoms with Gasteiger partial charge in [-0.15, -0.1) is 0 Å². The Hall–Kier alpha value is -0.970. The standard InChI is InChI=1S/C13H23N3OS/c1-4-6-7-10(5-2)9-17-12-8-11(14)15-13(16-12)18-3/h8,10H,4-7,9H2,1-3H3,(H2,14,15,16). The first-order valence-electron chi connectivity index (χ1n) is 6.50. The largest absolute Gasteiger partial charge is 0.477 e. The number of nitrogens with zero attached hydrogens (tertiary/aromatic N) is 2. The fraction of sp³-hybridized carbons (Fsp3) is 0.692. The summed E-state index contributed by atoms with van der Waals surface area (Å²) in [6.45, 7) is 5.12. The second kappa shape index (κ2) is 8.19. The third kappa shape index (κ3) is 5.12. The molecule has 0 amide bonds. The molecule has 0 aliphatic carbocycles. The molecule has 1 aromatic rings. The molecule has 1 heterocycles. The van der Waals surface area contributed by atoms with Crippen LogP contribution in [0.5, 0.6) is 5.88 Å². The Morgan fingerprint density at radius 2 is 2.17 bits per heavy atom. The Morgan fingerprint density at radius 1 is 1.39 bits per heavy atom. The Bertz CT molecular complexity index is 360. The number of anilines is 1. The van der Waals surface area contributed by atoms with Crippen LogP contribution >= 0.6 is 11.8 Å². The van der Waals surface area contributed by atoms with Gasteiger partial charge in [0.2, 0.25) is 5.88 Å². The summed E-state index contributed by atoms with van der Waals surface area (Å²) in [7, 11) is 0. The van der Waals surface area contributed by atoms with E-state index in [1.165, 1.54) is 31.0 Å². The van der Waals surface area contributed by atoms with Gasteiger partial charge in [0.1, 0.15) is 5.82 Å². The molecule has 1 aromatic heterocycles. The highest BCUT2D eigenvalue weighted by molar-refractivity contribution is 7.98. The van der Waals surface area contributed by atoms with Gasteiger partial charge < -0.3 is 10.5 Å². The van der Waals surface area contributed by atoms with Crippen molar-refractivity contribution in [1.82, 2.24) is 9.97 Å². The number of aromatic nitrogens is 2. The summed E-state index contributed by atoms with van der Waals surface area (Å²) in [6, 6.07) is 1.69. The molecule has 1 rings (SSSR count). The molecule has 102 valence electrons. The molecule has 18 heavy (non-hydrogen) atoms. The number of hydrogen-bond acceptors (Lipinski definition) is 5. The van der Waals surface area contributed by atoms with Crippen LogP contribution in [0, 0.1) is 5.92 Å². The van der Waals surface area contributed by atoms with Crippen LogP contribution in [0.3, 0.4) is 0 Å². The lowest BCUT2D eigenvalue weighted by Gasteiger charge is -2.15. The molecule has 0 spiro atoms. The van der Waals surface area contributed by atoms with Gasteiger partial charge >= 0.3 is 0 Å². The maximum atomic E-state index is 5.73. The van der Waals surface area contributed by atoms with Gasteiger partial charge in [-0.2, -0.15) is 4.98 Å². The SMILES string of the molecule is CCCCC(CC)COc1cc(N)nc(SC)n1. The molecule has 0 aliphatic rings. The van der Waals surface area contributed by atoms with E-state index in [9.17, 15) is 0 Å². The van der Waals surface area contributed by atoms with Gasteiger partial charge in [0.25, 0.3) is 0 Å².